The van der Waals surface area contributed by atoms with Gasteiger partial charge in [0.25, 0.3) is 0 Å². The topological polar surface area (TPSA) is 127 Å². The predicted molar refractivity (Wildman–Crippen MR) is 159 cm³/mol. The number of alkyl halides is 2. The Balaban J connectivity index is 1.50. The van der Waals surface area contributed by atoms with Gasteiger partial charge in [-0.2, -0.15) is 8.78 Å². The molecule has 12 heteroatoms. The van der Waals surface area contributed by atoms with Crippen LogP contribution in [0.4, 0.5) is 14.5 Å². The Morgan fingerprint density at radius 3 is 2.30 bits per heavy atom. The van der Waals surface area contributed by atoms with Crippen molar-refractivity contribution < 1.29 is 37.5 Å². The standard InChI is InChI=1S/C31H38F2N3O6P/c1-20(21-13-15-23(16-14-21)31(32,33)43(40,41)42)19-26(37)34-27(30(2,3)4)29(39)36-18-8-12-25(36)28(38)35-17-7-10-22-9-5-6-11-24(22)35/h5-6,9,11,13-16,19,25,27H,7-8,10,12,17-18H2,1-4H3,(H,34,37)(H2,40,41,42)/b20-19+/t25-,27?/m0/s1. The fourth-order valence-corrected chi connectivity index (χ4v) is 6.10. The smallest absolute Gasteiger partial charge is 0.340 e. The molecule has 232 valence electrons. The van der Waals surface area contributed by atoms with Gasteiger partial charge in [-0.1, -0.05) is 63.2 Å². The highest BCUT2D eigenvalue weighted by atomic mass is 31.2. The second kappa shape index (κ2) is 12.3. The highest BCUT2D eigenvalue weighted by Gasteiger charge is 2.50. The summed E-state index contributed by atoms with van der Waals surface area (Å²) in [6.07, 6.45) is 4.16. The first-order chi connectivity index (χ1) is 20.0. The maximum Gasteiger partial charge on any atom is 0.399 e. The van der Waals surface area contributed by atoms with Crippen molar-refractivity contribution in [2.75, 3.05) is 18.0 Å². The zero-order valence-electron chi connectivity index (χ0n) is 24.7. The van der Waals surface area contributed by atoms with E-state index in [-0.39, 0.29) is 11.8 Å². The molecule has 3 N–H and O–H groups in total. The molecule has 2 aromatic rings. The molecule has 1 fully saturated rings. The molecule has 0 bridgehead atoms. The molecular formula is C31H38F2N3O6P. The van der Waals surface area contributed by atoms with Crippen LogP contribution in [0.25, 0.3) is 5.57 Å². The molecule has 0 spiro atoms. The van der Waals surface area contributed by atoms with Crippen LogP contribution in [0.1, 0.15) is 63.6 Å². The molecule has 0 aliphatic carbocycles. The predicted octanol–water partition coefficient (Wildman–Crippen LogP) is 4.82. The number of carbonyl (C=O) groups excluding carboxylic acids is 3. The Labute approximate surface area is 250 Å². The first kappa shape index (κ1) is 32.5. The van der Waals surface area contributed by atoms with Crippen molar-refractivity contribution in [2.24, 2.45) is 5.41 Å². The van der Waals surface area contributed by atoms with Crippen LogP contribution < -0.4 is 10.2 Å². The third-order valence-corrected chi connectivity index (χ3v) is 8.99. The van der Waals surface area contributed by atoms with E-state index < -0.39 is 42.2 Å². The van der Waals surface area contributed by atoms with E-state index in [0.29, 0.717) is 37.1 Å². The van der Waals surface area contributed by atoms with Crippen LogP contribution in [-0.4, -0.2) is 57.6 Å². The zero-order chi connectivity index (χ0) is 31.7. The van der Waals surface area contributed by atoms with Gasteiger partial charge in [0, 0.05) is 30.4 Å². The molecule has 2 aromatic carbocycles. The number of rotatable bonds is 7. The molecule has 3 amide bonds. The largest absolute Gasteiger partial charge is 0.399 e. The molecule has 0 radical (unpaired) electrons. The second-order valence-electron chi connectivity index (χ2n) is 12.2. The van der Waals surface area contributed by atoms with Crippen molar-refractivity contribution in [3.8, 4) is 0 Å². The van der Waals surface area contributed by atoms with E-state index in [0.717, 1.165) is 36.2 Å². The van der Waals surface area contributed by atoms with Crippen LogP contribution in [0, 0.1) is 5.41 Å². The minimum absolute atomic E-state index is 0.125. The van der Waals surface area contributed by atoms with Crippen LogP contribution in [0.15, 0.2) is 54.6 Å². The Bertz CT molecular complexity index is 1460. The number of hydrogen-bond acceptors (Lipinski definition) is 4. The molecule has 1 saturated heterocycles. The molecule has 2 aliphatic rings. The fraction of sp³-hybridized carbons (Fsp3) is 0.452. The van der Waals surface area contributed by atoms with Crippen molar-refractivity contribution in [3.63, 3.8) is 0 Å². The van der Waals surface area contributed by atoms with Crippen LogP contribution in [0.3, 0.4) is 0 Å². The lowest BCUT2D eigenvalue weighted by Crippen LogP contribution is -2.58. The number of aryl methyl sites for hydroxylation is 1. The molecule has 2 heterocycles. The highest BCUT2D eigenvalue weighted by Crippen LogP contribution is 2.59. The molecule has 1 unspecified atom stereocenters. The monoisotopic (exact) mass is 617 g/mol. The summed E-state index contributed by atoms with van der Waals surface area (Å²) < 4.78 is 39.2. The van der Waals surface area contributed by atoms with Gasteiger partial charge >= 0.3 is 13.3 Å². The number of halogens is 2. The lowest BCUT2D eigenvalue weighted by Gasteiger charge is -2.37. The summed E-state index contributed by atoms with van der Waals surface area (Å²) in [5.74, 6) is -1.06. The third kappa shape index (κ3) is 6.89. The highest BCUT2D eigenvalue weighted by molar-refractivity contribution is 7.52. The van der Waals surface area contributed by atoms with Gasteiger partial charge in [0.2, 0.25) is 17.7 Å². The average molecular weight is 618 g/mol. The van der Waals surface area contributed by atoms with Gasteiger partial charge in [-0.15, -0.1) is 0 Å². The third-order valence-electron chi connectivity index (χ3n) is 8.00. The summed E-state index contributed by atoms with van der Waals surface area (Å²) in [6.45, 7) is 8.01. The molecule has 9 nitrogen and oxygen atoms in total. The number of amides is 3. The van der Waals surface area contributed by atoms with E-state index in [1.54, 1.807) is 16.7 Å². The lowest BCUT2D eigenvalue weighted by molar-refractivity contribution is -0.142. The second-order valence-corrected chi connectivity index (χ2v) is 13.9. The van der Waals surface area contributed by atoms with Crippen molar-refractivity contribution in [3.05, 3.63) is 71.3 Å². The molecule has 2 aliphatic heterocycles. The molecular weight excluding hydrogens is 579 g/mol. The van der Waals surface area contributed by atoms with Gasteiger partial charge in [0.05, 0.1) is 0 Å². The van der Waals surface area contributed by atoms with E-state index in [1.807, 2.05) is 45.0 Å². The first-order valence-electron chi connectivity index (χ1n) is 14.3. The Hall–Kier alpha value is -3.40. The minimum Gasteiger partial charge on any atom is -0.340 e. The summed E-state index contributed by atoms with van der Waals surface area (Å²) in [7, 11) is -5.71. The average Bonchev–Trinajstić information content (AvgIpc) is 3.44. The van der Waals surface area contributed by atoms with Gasteiger partial charge in [-0.3, -0.25) is 18.9 Å². The summed E-state index contributed by atoms with van der Waals surface area (Å²) in [5, 5.41) is 2.79. The van der Waals surface area contributed by atoms with Crippen molar-refractivity contribution >= 4 is 36.6 Å². The number of allylic oxidation sites excluding steroid dienone is 1. The SMILES string of the molecule is C/C(=C\C(=O)NC(C(=O)N1CCC[C@H]1C(=O)N1CCCc2ccccc21)C(C)(C)C)c1ccc(C(F)(F)P(=O)(O)O)cc1. The number of nitrogens with one attached hydrogen (secondary N) is 1. The molecule has 43 heavy (non-hydrogen) atoms. The van der Waals surface area contributed by atoms with Gasteiger partial charge in [0.1, 0.15) is 12.1 Å². The number of benzene rings is 2. The van der Waals surface area contributed by atoms with Crippen LogP contribution >= 0.6 is 7.60 Å². The quantitative estimate of drug-likeness (QED) is 0.302. The molecule has 4 rings (SSSR count). The van der Waals surface area contributed by atoms with Gasteiger partial charge < -0.3 is 24.9 Å². The minimum atomic E-state index is -5.71. The lowest BCUT2D eigenvalue weighted by atomic mass is 9.85. The van der Waals surface area contributed by atoms with Crippen LogP contribution in [-0.2, 0) is 31.0 Å². The zero-order valence-corrected chi connectivity index (χ0v) is 25.6. The van der Waals surface area contributed by atoms with Crippen molar-refractivity contribution in [1.29, 1.82) is 0 Å². The summed E-state index contributed by atoms with van der Waals surface area (Å²) >= 11 is 0. The number of hydrogen-bond donors (Lipinski definition) is 3. The van der Waals surface area contributed by atoms with Crippen molar-refractivity contribution in [2.45, 2.75) is 71.1 Å². The van der Waals surface area contributed by atoms with Gasteiger partial charge in [-0.05, 0) is 60.8 Å². The van der Waals surface area contributed by atoms with Crippen LogP contribution in [0.5, 0.6) is 0 Å². The summed E-state index contributed by atoms with van der Waals surface area (Å²) in [4.78, 5) is 62.1. The van der Waals surface area contributed by atoms with Gasteiger partial charge in [-0.25, -0.2) is 0 Å². The molecule has 0 saturated carbocycles. The number of fused-ring (bicyclic) bond motifs is 1. The first-order valence-corrected chi connectivity index (χ1v) is 15.9. The fourth-order valence-electron chi connectivity index (χ4n) is 5.61. The summed E-state index contributed by atoms with van der Waals surface area (Å²) in [6, 6.07) is 10.5. The van der Waals surface area contributed by atoms with E-state index in [9.17, 15) is 27.7 Å². The Morgan fingerprint density at radius 1 is 1.02 bits per heavy atom. The maximum atomic E-state index is 14.0. The van der Waals surface area contributed by atoms with E-state index in [4.69, 9.17) is 9.79 Å². The number of nitrogens with zero attached hydrogens (tertiary/aromatic N) is 2. The number of carbonyl (C=O) groups is 3. The summed E-state index contributed by atoms with van der Waals surface area (Å²) in [5.41, 5.74) is -3.14. The number of para-hydroxylation sites is 1. The number of anilines is 1. The van der Waals surface area contributed by atoms with Crippen LogP contribution in [0.2, 0.25) is 0 Å². The molecule has 2 atom stereocenters. The van der Waals surface area contributed by atoms with E-state index in [2.05, 4.69) is 5.32 Å². The van der Waals surface area contributed by atoms with E-state index in [1.165, 1.54) is 18.2 Å². The van der Waals surface area contributed by atoms with Gasteiger partial charge in [0.15, 0.2) is 0 Å². The Kier molecular flexibility index (Phi) is 9.30. The van der Waals surface area contributed by atoms with Crippen molar-refractivity contribution in [1.82, 2.24) is 10.2 Å². The Morgan fingerprint density at radius 2 is 1.67 bits per heavy atom. The number of likely N-dealkylation sites (tertiary alicyclic amines) is 1. The van der Waals surface area contributed by atoms with E-state index >= 15 is 0 Å². The maximum absolute atomic E-state index is 14.0. The normalized spacial score (nSPS) is 18.7. The molecule has 0 aromatic heterocycles.